The third-order valence-corrected chi connectivity index (χ3v) is 2.79. The topological polar surface area (TPSA) is 72.5 Å². The minimum absolute atomic E-state index is 0.0189. The van der Waals surface area contributed by atoms with Crippen LogP contribution in [0.25, 0.3) is 0 Å². The number of carboxylic acids is 1. The maximum Gasteiger partial charge on any atom is 0.311 e. The molecule has 0 spiro atoms. The molecule has 0 bridgehead atoms. The fourth-order valence-corrected chi connectivity index (χ4v) is 1.47. The second kappa shape index (κ2) is 5.98. The molecule has 0 radical (unpaired) electrons. The van der Waals surface area contributed by atoms with Gasteiger partial charge in [-0.15, -0.1) is 0 Å². The lowest BCUT2D eigenvalue weighted by molar-refractivity contribution is -0.152. The van der Waals surface area contributed by atoms with Gasteiger partial charge in [-0.25, -0.2) is 0 Å². The Morgan fingerprint density at radius 2 is 2.14 bits per heavy atom. The number of rotatable bonds is 7. The van der Waals surface area contributed by atoms with Crippen LogP contribution in [0.5, 0.6) is 0 Å². The van der Waals surface area contributed by atoms with Gasteiger partial charge in [-0.05, 0) is 19.3 Å². The third-order valence-electron chi connectivity index (χ3n) is 2.79. The fraction of sp³-hybridized carbons (Fsp3) is 0.900. The molecule has 0 saturated heterocycles. The molecule has 0 aliphatic heterocycles. The van der Waals surface area contributed by atoms with Gasteiger partial charge in [0.2, 0.25) is 0 Å². The highest BCUT2D eigenvalue weighted by molar-refractivity contribution is 5.75. The Kier molecular flexibility index (Phi) is 5.72. The van der Waals surface area contributed by atoms with E-state index in [-0.39, 0.29) is 12.5 Å². The van der Waals surface area contributed by atoms with Crippen LogP contribution in [0.4, 0.5) is 0 Å². The van der Waals surface area contributed by atoms with Crippen molar-refractivity contribution >= 4 is 5.97 Å². The molecule has 0 aromatic carbocycles. The molecule has 84 valence electrons. The van der Waals surface area contributed by atoms with Crippen molar-refractivity contribution in [1.29, 1.82) is 0 Å². The molecule has 0 saturated carbocycles. The van der Waals surface area contributed by atoms with E-state index in [0.29, 0.717) is 19.6 Å². The van der Waals surface area contributed by atoms with Crippen LogP contribution >= 0.6 is 0 Å². The molecule has 0 rings (SSSR count). The smallest absolute Gasteiger partial charge is 0.311 e. The number of hydrogen-bond acceptors (Lipinski definition) is 3. The summed E-state index contributed by atoms with van der Waals surface area (Å²) < 4.78 is 5.17. The average molecular weight is 203 g/mol. The van der Waals surface area contributed by atoms with Crippen molar-refractivity contribution in [3.05, 3.63) is 0 Å². The molecule has 0 fully saturated rings. The quantitative estimate of drug-likeness (QED) is 0.608. The minimum atomic E-state index is -0.838. The van der Waals surface area contributed by atoms with Crippen LogP contribution in [0, 0.1) is 11.3 Å². The van der Waals surface area contributed by atoms with E-state index < -0.39 is 11.4 Å². The summed E-state index contributed by atoms with van der Waals surface area (Å²) in [6.45, 7) is 6.88. The van der Waals surface area contributed by atoms with Crippen molar-refractivity contribution < 1.29 is 14.6 Å². The molecule has 3 N–H and O–H groups in total. The van der Waals surface area contributed by atoms with Gasteiger partial charge in [-0.2, -0.15) is 0 Å². The van der Waals surface area contributed by atoms with Crippen LogP contribution in [-0.4, -0.2) is 30.8 Å². The summed E-state index contributed by atoms with van der Waals surface area (Å²) in [5.74, 6) is -0.805. The van der Waals surface area contributed by atoms with E-state index in [1.165, 1.54) is 0 Å². The Balaban J connectivity index is 4.43. The van der Waals surface area contributed by atoms with Crippen LogP contribution < -0.4 is 5.73 Å². The summed E-state index contributed by atoms with van der Waals surface area (Å²) in [7, 11) is 0. The monoisotopic (exact) mass is 203 g/mol. The van der Waals surface area contributed by atoms with Crippen LogP contribution in [0.15, 0.2) is 0 Å². The van der Waals surface area contributed by atoms with Crippen LogP contribution in [0.2, 0.25) is 0 Å². The molecule has 1 atom stereocenters. The summed E-state index contributed by atoms with van der Waals surface area (Å²) in [5.41, 5.74) is 4.72. The van der Waals surface area contributed by atoms with Crippen molar-refractivity contribution in [2.45, 2.75) is 27.2 Å². The normalized spacial score (nSPS) is 15.5. The SMILES string of the molecule is CCOCCC(CN)(C(=O)O)C(C)C. The molecule has 0 aromatic rings. The van der Waals surface area contributed by atoms with Gasteiger partial charge in [0, 0.05) is 19.8 Å². The largest absolute Gasteiger partial charge is 0.481 e. The number of nitrogens with two attached hydrogens (primary N) is 1. The van der Waals surface area contributed by atoms with Gasteiger partial charge in [-0.3, -0.25) is 4.79 Å². The van der Waals surface area contributed by atoms with Crippen molar-refractivity contribution in [2.75, 3.05) is 19.8 Å². The zero-order valence-electron chi connectivity index (χ0n) is 9.25. The van der Waals surface area contributed by atoms with E-state index in [1.54, 1.807) is 0 Å². The van der Waals surface area contributed by atoms with Crippen LogP contribution in [0.1, 0.15) is 27.2 Å². The van der Waals surface area contributed by atoms with Gasteiger partial charge in [0.05, 0.1) is 5.41 Å². The van der Waals surface area contributed by atoms with E-state index in [9.17, 15) is 4.79 Å². The lowest BCUT2D eigenvalue weighted by atomic mass is 9.75. The summed E-state index contributed by atoms with van der Waals surface area (Å²) >= 11 is 0. The summed E-state index contributed by atoms with van der Waals surface area (Å²) in [6.07, 6.45) is 0.477. The van der Waals surface area contributed by atoms with Gasteiger partial charge in [-0.1, -0.05) is 13.8 Å². The molecule has 0 amide bonds. The van der Waals surface area contributed by atoms with Crippen molar-refractivity contribution in [3.63, 3.8) is 0 Å². The van der Waals surface area contributed by atoms with Crippen molar-refractivity contribution in [1.82, 2.24) is 0 Å². The van der Waals surface area contributed by atoms with E-state index in [2.05, 4.69) is 0 Å². The first-order valence-corrected chi connectivity index (χ1v) is 5.02. The first-order valence-electron chi connectivity index (χ1n) is 5.02. The van der Waals surface area contributed by atoms with Crippen molar-refractivity contribution in [2.24, 2.45) is 17.1 Å². The number of ether oxygens (including phenoxy) is 1. The Bertz CT molecular complexity index is 182. The Labute approximate surface area is 85.4 Å². The lowest BCUT2D eigenvalue weighted by Gasteiger charge is -2.31. The summed E-state index contributed by atoms with van der Waals surface area (Å²) in [4.78, 5) is 11.2. The highest BCUT2D eigenvalue weighted by Crippen LogP contribution is 2.30. The number of carboxylic acid groups (broad SMARTS) is 1. The first-order chi connectivity index (χ1) is 6.51. The zero-order valence-corrected chi connectivity index (χ0v) is 9.25. The summed E-state index contributed by atoms with van der Waals surface area (Å²) in [5, 5.41) is 9.16. The molecule has 0 aliphatic carbocycles. The van der Waals surface area contributed by atoms with Gasteiger partial charge >= 0.3 is 5.97 Å². The molecule has 0 heterocycles. The van der Waals surface area contributed by atoms with E-state index in [4.69, 9.17) is 15.6 Å². The highest BCUT2D eigenvalue weighted by atomic mass is 16.5. The Hall–Kier alpha value is -0.610. The number of carbonyl (C=O) groups is 1. The second-order valence-electron chi connectivity index (χ2n) is 3.77. The van der Waals surface area contributed by atoms with Gasteiger partial charge < -0.3 is 15.6 Å². The molecule has 1 unspecified atom stereocenters. The Morgan fingerprint density at radius 1 is 1.57 bits per heavy atom. The molecular formula is C10H21NO3. The molecule has 0 aliphatic rings. The average Bonchev–Trinajstić information content (AvgIpc) is 2.11. The van der Waals surface area contributed by atoms with Crippen LogP contribution in [0.3, 0.4) is 0 Å². The number of aliphatic carboxylic acids is 1. The highest BCUT2D eigenvalue weighted by Gasteiger charge is 2.39. The predicted octanol–water partition coefficient (Wildman–Crippen LogP) is 1.10. The minimum Gasteiger partial charge on any atom is -0.481 e. The maximum absolute atomic E-state index is 11.2. The van der Waals surface area contributed by atoms with E-state index >= 15 is 0 Å². The van der Waals surface area contributed by atoms with Gasteiger partial charge in [0.1, 0.15) is 0 Å². The van der Waals surface area contributed by atoms with E-state index in [0.717, 1.165) is 0 Å². The Morgan fingerprint density at radius 3 is 2.43 bits per heavy atom. The first kappa shape index (κ1) is 13.4. The van der Waals surface area contributed by atoms with E-state index in [1.807, 2.05) is 20.8 Å². The summed E-state index contributed by atoms with van der Waals surface area (Å²) in [6, 6.07) is 0. The molecule has 14 heavy (non-hydrogen) atoms. The fourth-order valence-electron chi connectivity index (χ4n) is 1.47. The lowest BCUT2D eigenvalue weighted by Crippen LogP contribution is -2.44. The molecule has 4 heteroatoms. The van der Waals surface area contributed by atoms with Crippen LogP contribution in [-0.2, 0) is 9.53 Å². The zero-order chi connectivity index (χ0) is 11.2. The molecule has 0 aromatic heterocycles. The maximum atomic E-state index is 11.2. The molecular weight excluding hydrogens is 182 g/mol. The molecule has 4 nitrogen and oxygen atoms in total. The van der Waals surface area contributed by atoms with Crippen molar-refractivity contribution in [3.8, 4) is 0 Å². The van der Waals surface area contributed by atoms with Gasteiger partial charge in [0.25, 0.3) is 0 Å². The number of hydrogen-bond donors (Lipinski definition) is 2. The van der Waals surface area contributed by atoms with Gasteiger partial charge in [0.15, 0.2) is 0 Å². The second-order valence-corrected chi connectivity index (χ2v) is 3.77. The third kappa shape index (κ3) is 2.96. The predicted molar refractivity (Wildman–Crippen MR) is 55.1 cm³/mol. The standard InChI is InChI=1S/C10H21NO3/c1-4-14-6-5-10(7-11,8(2)3)9(12)13/h8H,4-7,11H2,1-3H3,(H,12,13).